The first-order valence-corrected chi connectivity index (χ1v) is 9.28. The molecule has 138 valence electrons. The number of piperazine rings is 1. The summed E-state index contributed by atoms with van der Waals surface area (Å²) in [5.41, 5.74) is 0.0497. The van der Waals surface area contributed by atoms with Crippen LogP contribution in [-0.4, -0.2) is 78.0 Å². The molecule has 0 bridgehead atoms. The summed E-state index contributed by atoms with van der Waals surface area (Å²) in [7, 11) is 0. The summed E-state index contributed by atoms with van der Waals surface area (Å²) >= 11 is 0. The minimum Gasteiger partial charge on any atom is -0.341 e. The summed E-state index contributed by atoms with van der Waals surface area (Å²) in [5.74, 6) is 0.242. The Bertz CT molecular complexity index is 446. The monoisotopic (exact) mass is 338 g/mol. The van der Waals surface area contributed by atoms with Crippen LogP contribution in [0.5, 0.6) is 0 Å². The molecular formula is C18H34N4O2. The van der Waals surface area contributed by atoms with E-state index in [0.29, 0.717) is 13.1 Å². The highest BCUT2D eigenvalue weighted by atomic mass is 16.2. The van der Waals surface area contributed by atoms with E-state index < -0.39 is 0 Å². The Morgan fingerprint density at radius 1 is 0.875 bits per heavy atom. The second kappa shape index (κ2) is 7.72. The Kier molecular flexibility index (Phi) is 6.12. The molecule has 2 aliphatic rings. The van der Waals surface area contributed by atoms with Gasteiger partial charge in [-0.25, -0.2) is 4.79 Å². The average Bonchev–Trinajstić information content (AvgIpc) is 3.07. The maximum Gasteiger partial charge on any atom is 0.317 e. The van der Waals surface area contributed by atoms with Gasteiger partial charge in [0.05, 0.1) is 6.04 Å². The van der Waals surface area contributed by atoms with Crippen molar-refractivity contribution in [2.45, 2.75) is 59.5 Å². The molecule has 0 aromatic carbocycles. The normalized spacial score (nSPS) is 22.4. The number of carbonyl (C=O) groups excluding carboxylic acids is 2. The minimum absolute atomic E-state index is 0.00981. The molecule has 0 aromatic heterocycles. The molecule has 2 heterocycles. The lowest BCUT2D eigenvalue weighted by atomic mass is 9.88. The fourth-order valence-electron chi connectivity index (χ4n) is 3.16. The minimum atomic E-state index is -0.0817. The number of nitrogens with one attached hydrogen (secondary N) is 1. The molecule has 2 saturated heterocycles. The lowest BCUT2D eigenvalue weighted by Crippen LogP contribution is -2.58. The second-order valence-electron chi connectivity index (χ2n) is 8.27. The SMILES string of the molecule is C[C@H](C(=O)N1CCCC1)N1CCN(C(=O)N[C@H](C)C(C)(C)C)CC1. The third-order valence-corrected chi connectivity index (χ3v) is 5.56. The fraction of sp³-hybridized carbons (Fsp3) is 0.889. The van der Waals surface area contributed by atoms with Crippen molar-refractivity contribution in [3.05, 3.63) is 0 Å². The fourth-order valence-corrected chi connectivity index (χ4v) is 3.16. The predicted octanol–water partition coefficient (Wildman–Crippen LogP) is 1.76. The maximum absolute atomic E-state index is 12.5. The molecule has 6 heteroatoms. The van der Waals surface area contributed by atoms with E-state index in [4.69, 9.17) is 0 Å². The molecule has 0 aromatic rings. The summed E-state index contributed by atoms with van der Waals surface area (Å²) in [6, 6.07) is 0.0519. The van der Waals surface area contributed by atoms with E-state index in [9.17, 15) is 9.59 Å². The lowest BCUT2D eigenvalue weighted by Gasteiger charge is -2.39. The number of nitrogens with zero attached hydrogens (tertiary/aromatic N) is 3. The van der Waals surface area contributed by atoms with Crippen LogP contribution in [0.15, 0.2) is 0 Å². The Labute approximate surface area is 146 Å². The van der Waals surface area contributed by atoms with Gasteiger partial charge in [0, 0.05) is 45.3 Å². The van der Waals surface area contributed by atoms with Crippen LogP contribution in [-0.2, 0) is 4.79 Å². The first kappa shape index (κ1) is 19.0. The molecule has 6 nitrogen and oxygen atoms in total. The smallest absolute Gasteiger partial charge is 0.317 e. The highest BCUT2D eigenvalue weighted by Gasteiger charge is 2.31. The maximum atomic E-state index is 12.5. The standard InChI is InChI=1S/C18H34N4O2/c1-14(16(23)21-8-6-7-9-21)20-10-12-22(13-11-20)17(24)19-15(2)18(3,4)5/h14-15H,6-13H2,1-5H3,(H,19,24)/t14-,15-/m1/s1. The zero-order chi connectivity index (χ0) is 17.9. The predicted molar refractivity (Wildman–Crippen MR) is 95.9 cm³/mol. The van der Waals surface area contributed by atoms with Gasteiger partial charge in [-0.1, -0.05) is 20.8 Å². The quantitative estimate of drug-likeness (QED) is 0.853. The van der Waals surface area contributed by atoms with Gasteiger partial charge in [0.25, 0.3) is 0 Å². The van der Waals surface area contributed by atoms with Gasteiger partial charge in [0.15, 0.2) is 0 Å². The summed E-state index contributed by atoms with van der Waals surface area (Å²) in [4.78, 5) is 31.0. The number of urea groups is 1. The topological polar surface area (TPSA) is 55.9 Å². The first-order chi connectivity index (χ1) is 11.2. The van der Waals surface area contributed by atoms with Crippen molar-refractivity contribution in [1.82, 2.24) is 20.0 Å². The van der Waals surface area contributed by atoms with Gasteiger partial charge >= 0.3 is 6.03 Å². The van der Waals surface area contributed by atoms with Crippen LogP contribution in [0.1, 0.15) is 47.5 Å². The summed E-state index contributed by atoms with van der Waals surface area (Å²) < 4.78 is 0. The van der Waals surface area contributed by atoms with Crippen LogP contribution in [0.4, 0.5) is 4.79 Å². The van der Waals surface area contributed by atoms with Gasteiger partial charge in [-0.05, 0) is 32.1 Å². The number of likely N-dealkylation sites (tertiary alicyclic amines) is 1. The molecule has 2 atom stereocenters. The third kappa shape index (κ3) is 4.62. The molecular weight excluding hydrogens is 304 g/mol. The van der Waals surface area contributed by atoms with Crippen molar-refractivity contribution in [3.63, 3.8) is 0 Å². The Balaban J connectivity index is 1.80. The van der Waals surface area contributed by atoms with E-state index in [1.807, 2.05) is 23.6 Å². The molecule has 2 fully saturated rings. The van der Waals surface area contributed by atoms with Gasteiger partial charge in [0.2, 0.25) is 5.91 Å². The van der Waals surface area contributed by atoms with Crippen LogP contribution in [0.3, 0.4) is 0 Å². The van der Waals surface area contributed by atoms with Crippen LogP contribution in [0, 0.1) is 5.41 Å². The number of carbonyl (C=O) groups is 2. The van der Waals surface area contributed by atoms with Crippen molar-refractivity contribution in [2.75, 3.05) is 39.3 Å². The Morgan fingerprint density at radius 2 is 1.42 bits per heavy atom. The molecule has 0 aliphatic carbocycles. The van der Waals surface area contributed by atoms with Gasteiger partial charge < -0.3 is 15.1 Å². The van der Waals surface area contributed by atoms with Crippen LogP contribution in [0.2, 0.25) is 0 Å². The highest BCUT2D eigenvalue weighted by Crippen LogP contribution is 2.19. The Hall–Kier alpha value is -1.30. The zero-order valence-corrected chi connectivity index (χ0v) is 16.0. The van der Waals surface area contributed by atoms with Gasteiger partial charge in [-0.15, -0.1) is 0 Å². The van der Waals surface area contributed by atoms with Gasteiger partial charge in [0.1, 0.15) is 0 Å². The molecule has 0 saturated carbocycles. The van der Waals surface area contributed by atoms with E-state index in [0.717, 1.165) is 39.0 Å². The molecule has 0 radical (unpaired) electrons. The van der Waals surface area contributed by atoms with Crippen LogP contribution >= 0.6 is 0 Å². The van der Waals surface area contributed by atoms with Crippen molar-refractivity contribution in [1.29, 1.82) is 0 Å². The molecule has 2 rings (SSSR count). The number of hydrogen-bond acceptors (Lipinski definition) is 3. The highest BCUT2D eigenvalue weighted by molar-refractivity contribution is 5.81. The van der Waals surface area contributed by atoms with Crippen molar-refractivity contribution in [3.8, 4) is 0 Å². The van der Waals surface area contributed by atoms with E-state index >= 15 is 0 Å². The molecule has 24 heavy (non-hydrogen) atoms. The molecule has 3 amide bonds. The van der Waals surface area contributed by atoms with Gasteiger partial charge in [-0.3, -0.25) is 9.69 Å². The summed E-state index contributed by atoms with van der Waals surface area (Å²) in [6.07, 6.45) is 2.25. The van der Waals surface area contributed by atoms with Crippen molar-refractivity contribution in [2.24, 2.45) is 5.41 Å². The number of amides is 3. The average molecular weight is 338 g/mol. The molecule has 0 spiro atoms. The Morgan fingerprint density at radius 3 is 1.92 bits per heavy atom. The van der Waals surface area contributed by atoms with E-state index in [1.54, 1.807) is 0 Å². The van der Waals surface area contributed by atoms with Gasteiger partial charge in [-0.2, -0.15) is 0 Å². The molecule has 2 aliphatic heterocycles. The summed E-state index contributed by atoms with van der Waals surface area (Å²) in [5, 5.41) is 3.09. The number of hydrogen-bond donors (Lipinski definition) is 1. The lowest BCUT2D eigenvalue weighted by molar-refractivity contribution is -0.135. The number of rotatable bonds is 3. The van der Waals surface area contributed by atoms with Crippen LogP contribution < -0.4 is 5.32 Å². The van der Waals surface area contributed by atoms with Crippen LogP contribution in [0.25, 0.3) is 0 Å². The van der Waals surface area contributed by atoms with E-state index in [1.165, 1.54) is 0 Å². The van der Waals surface area contributed by atoms with E-state index in [2.05, 4.69) is 31.0 Å². The molecule has 1 N–H and O–H groups in total. The zero-order valence-electron chi connectivity index (χ0n) is 16.0. The largest absolute Gasteiger partial charge is 0.341 e. The first-order valence-electron chi connectivity index (χ1n) is 9.28. The van der Waals surface area contributed by atoms with E-state index in [-0.39, 0.29) is 29.4 Å². The molecule has 0 unspecified atom stereocenters. The second-order valence-corrected chi connectivity index (χ2v) is 8.27. The summed E-state index contributed by atoms with van der Waals surface area (Å²) in [6.45, 7) is 15.1. The third-order valence-electron chi connectivity index (χ3n) is 5.56. The van der Waals surface area contributed by atoms with Crippen molar-refractivity contribution < 1.29 is 9.59 Å². The van der Waals surface area contributed by atoms with Crippen molar-refractivity contribution >= 4 is 11.9 Å².